The largest absolute Gasteiger partial charge is 0.302 e. The number of piperidine rings is 1. The standard InChI is InChI=1S/C20H20ClN3O3S2/c1-13-4-7-16(8-5-13)29(26,27)24-10-2-3-14(12-24)19(25)23-20-22-17-9-6-15(21)11-18(17)28-20/h4-9,11,14H,2-3,10,12H2,1H3,(H,22,23,25). The molecule has 1 aliphatic rings. The number of aromatic nitrogens is 1. The van der Waals surface area contributed by atoms with E-state index in [2.05, 4.69) is 10.3 Å². The van der Waals surface area contributed by atoms with E-state index in [1.807, 2.05) is 6.92 Å². The minimum absolute atomic E-state index is 0.165. The summed E-state index contributed by atoms with van der Waals surface area (Å²) in [5, 5.41) is 3.95. The molecule has 0 bridgehead atoms. The maximum absolute atomic E-state index is 12.9. The zero-order chi connectivity index (χ0) is 20.6. The van der Waals surface area contributed by atoms with Crippen LogP contribution in [0.15, 0.2) is 47.4 Å². The third kappa shape index (κ3) is 4.30. The van der Waals surface area contributed by atoms with E-state index in [0.29, 0.717) is 29.5 Å². The smallest absolute Gasteiger partial charge is 0.243 e. The first-order chi connectivity index (χ1) is 13.8. The molecule has 1 unspecified atom stereocenters. The van der Waals surface area contributed by atoms with Crippen LogP contribution in [0.5, 0.6) is 0 Å². The van der Waals surface area contributed by atoms with Gasteiger partial charge in [0.1, 0.15) is 0 Å². The molecule has 2 aromatic carbocycles. The van der Waals surface area contributed by atoms with Gasteiger partial charge in [0.25, 0.3) is 0 Å². The van der Waals surface area contributed by atoms with Crippen LogP contribution < -0.4 is 5.32 Å². The molecule has 6 nitrogen and oxygen atoms in total. The number of nitrogens with one attached hydrogen (secondary N) is 1. The van der Waals surface area contributed by atoms with Crippen molar-refractivity contribution in [2.24, 2.45) is 5.92 Å². The molecule has 1 amide bonds. The van der Waals surface area contributed by atoms with Crippen molar-refractivity contribution in [3.05, 3.63) is 53.1 Å². The molecule has 1 aromatic heterocycles. The summed E-state index contributed by atoms with van der Waals surface area (Å²) in [4.78, 5) is 17.4. The third-order valence-electron chi connectivity index (χ3n) is 4.99. The minimum atomic E-state index is -3.62. The first-order valence-electron chi connectivity index (χ1n) is 9.27. The molecule has 1 fully saturated rings. The lowest BCUT2D eigenvalue weighted by Crippen LogP contribution is -2.43. The van der Waals surface area contributed by atoms with Gasteiger partial charge in [-0.05, 0) is 50.1 Å². The molecule has 4 rings (SSSR count). The molecular weight excluding hydrogens is 430 g/mol. The lowest BCUT2D eigenvalue weighted by atomic mass is 9.99. The van der Waals surface area contributed by atoms with Crippen molar-refractivity contribution in [2.75, 3.05) is 18.4 Å². The molecule has 1 atom stereocenters. The van der Waals surface area contributed by atoms with Crippen molar-refractivity contribution in [3.8, 4) is 0 Å². The molecule has 9 heteroatoms. The first-order valence-corrected chi connectivity index (χ1v) is 11.9. The Morgan fingerprint density at radius 2 is 2.00 bits per heavy atom. The van der Waals surface area contributed by atoms with Crippen LogP contribution in [0.2, 0.25) is 5.02 Å². The number of nitrogens with zero attached hydrogens (tertiary/aromatic N) is 2. The van der Waals surface area contributed by atoms with Gasteiger partial charge in [0.15, 0.2) is 5.13 Å². The highest BCUT2D eigenvalue weighted by atomic mass is 35.5. The van der Waals surface area contributed by atoms with E-state index < -0.39 is 15.9 Å². The lowest BCUT2D eigenvalue weighted by Gasteiger charge is -2.31. The fraction of sp³-hybridized carbons (Fsp3) is 0.300. The van der Waals surface area contributed by atoms with Crippen molar-refractivity contribution in [2.45, 2.75) is 24.7 Å². The predicted octanol–water partition coefficient (Wildman–Crippen LogP) is 4.30. The number of carbonyl (C=O) groups is 1. The average Bonchev–Trinajstić information content (AvgIpc) is 3.09. The van der Waals surface area contributed by atoms with Crippen LogP contribution in [0.3, 0.4) is 0 Å². The van der Waals surface area contributed by atoms with Crippen molar-refractivity contribution < 1.29 is 13.2 Å². The summed E-state index contributed by atoms with van der Waals surface area (Å²) in [6.07, 6.45) is 1.28. The normalized spacial score (nSPS) is 18.1. The monoisotopic (exact) mass is 449 g/mol. The van der Waals surface area contributed by atoms with Gasteiger partial charge in [-0.2, -0.15) is 4.31 Å². The molecule has 1 saturated heterocycles. The molecule has 1 N–H and O–H groups in total. The van der Waals surface area contributed by atoms with Crippen LogP contribution in [-0.2, 0) is 14.8 Å². The second-order valence-corrected chi connectivity index (χ2v) is 10.5. The number of benzene rings is 2. The Labute approximate surface area is 178 Å². The molecule has 3 aromatic rings. The van der Waals surface area contributed by atoms with Gasteiger partial charge in [-0.3, -0.25) is 4.79 Å². The number of fused-ring (bicyclic) bond motifs is 1. The number of hydrogen-bond acceptors (Lipinski definition) is 5. The maximum Gasteiger partial charge on any atom is 0.243 e. The number of thiazole rings is 1. The average molecular weight is 450 g/mol. The molecule has 0 spiro atoms. The molecule has 1 aliphatic heterocycles. The topological polar surface area (TPSA) is 79.4 Å². The van der Waals surface area contributed by atoms with Crippen LogP contribution in [0.4, 0.5) is 5.13 Å². The molecular formula is C20H20ClN3O3S2. The Hall–Kier alpha value is -2.00. The van der Waals surface area contributed by atoms with Gasteiger partial charge in [-0.15, -0.1) is 0 Å². The van der Waals surface area contributed by atoms with Crippen LogP contribution in [0.25, 0.3) is 10.2 Å². The Kier molecular flexibility index (Phi) is 5.61. The number of halogens is 1. The Morgan fingerprint density at radius 3 is 2.76 bits per heavy atom. The van der Waals surface area contributed by atoms with Gasteiger partial charge in [0.2, 0.25) is 15.9 Å². The summed E-state index contributed by atoms with van der Waals surface area (Å²) in [5.74, 6) is -0.626. The van der Waals surface area contributed by atoms with E-state index in [1.165, 1.54) is 15.6 Å². The summed E-state index contributed by atoms with van der Waals surface area (Å²) in [5.41, 5.74) is 1.76. The highest BCUT2D eigenvalue weighted by Gasteiger charge is 2.33. The van der Waals surface area contributed by atoms with E-state index in [0.717, 1.165) is 15.8 Å². The lowest BCUT2D eigenvalue weighted by molar-refractivity contribution is -0.120. The summed E-state index contributed by atoms with van der Waals surface area (Å²) >= 11 is 7.35. The summed E-state index contributed by atoms with van der Waals surface area (Å²) in [6, 6.07) is 12.1. The van der Waals surface area contributed by atoms with E-state index in [9.17, 15) is 13.2 Å². The molecule has 0 radical (unpaired) electrons. The Bertz CT molecular complexity index is 1160. The zero-order valence-corrected chi connectivity index (χ0v) is 18.1. The fourth-order valence-electron chi connectivity index (χ4n) is 3.39. The molecule has 152 valence electrons. The second-order valence-electron chi connectivity index (χ2n) is 7.14. The van der Waals surface area contributed by atoms with Crippen LogP contribution in [-0.4, -0.2) is 36.7 Å². The summed E-state index contributed by atoms with van der Waals surface area (Å²) in [6.45, 7) is 2.49. The third-order valence-corrected chi connectivity index (χ3v) is 8.04. The zero-order valence-electron chi connectivity index (χ0n) is 15.8. The van der Waals surface area contributed by atoms with Crippen molar-refractivity contribution in [3.63, 3.8) is 0 Å². The predicted molar refractivity (Wildman–Crippen MR) is 116 cm³/mol. The molecule has 0 saturated carbocycles. The first kappa shape index (κ1) is 20.3. The highest BCUT2D eigenvalue weighted by molar-refractivity contribution is 7.89. The fourth-order valence-corrected chi connectivity index (χ4v) is 6.06. The van der Waals surface area contributed by atoms with E-state index in [-0.39, 0.29) is 17.3 Å². The van der Waals surface area contributed by atoms with E-state index in [1.54, 1.807) is 42.5 Å². The minimum Gasteiger partial charge on any atom is -0.302 e. The molecule has 0 aliphatic carbocycles. The highest BCUT2D eigenvalue weighted by Crippen LogP contribution is 2.30. The van der Waals surface area contributed by atoms with Crippen LogP contribution in [0, 0.1) is 12.8 Å². The van der Waals surface area contributed by atoms with Crippen molar-refractivity contribution in [1.82, 2.24) is 9.29 Å². The number of rotatable bonds is 4. The maximum atomic E-state index is 12.9. The van der Waals surface area contributed by atoms with Crippen LogP contribution >= 0.6 is 22.9 Å². The number of carbonyl (C=O) groups excluding carboxylic acids is 1. The quantitative estimate of drug-likeness (QED) is 0.644. The van der Waals surface area contributed by atoms with Gasteiger partial charge in [0, 0.05) is 18.1 Å². The van der Waals surface area contributed by atoms with Gasteiger partial charge in [-0.1, -0.05) is 40.6 Å². The molecule has 29 heavy (non-hydrogen) atoms. The summed E-state index contributed by atoms with van der Waals surface area (Å²) < 4.78 is 28.2. The van der Waals surface area contributed by atoms with Gasteiger partial charge >= 0.3 is 0 Å². The SMILES string of the molecule is Cc1ccc(S(=O)(=O)N2CCCC(C(=O)Nc3nc4ccc(Cl)cc4s3)C2)cc1. The molecule has 2 heterocycles. The number of aryl methyl sites for hydroxylation is 1. The number of amides is 1. The van der Waals surface area contributed by atoms with E-state index >= 15 is 0 Å². The van der Waals surface area contributed by atoms with Crippen molar-refractivity contribution in [1.29, 1.82) is 0 Å². The van der Waals surface area contributed by atoms with Gasteiger partial charge in [-0.25, -0.2) is 13.4 Å². The summed E-state index contributed by atoms with van der Waals surface area (Å²) in [7, 11) is -3.62. The second kappa shape index (κ2) is 8.02. The number of hydrogen-bond donors (Lipinski definition) is 1. The Balaban J connectivity index is 1.48. The van der Waals surface area contributed by atoms with E-state index in [4.69, 9.17) is 11.6 Å². The number of anilines is 1. The van der Waals surface area contributed by atoms with Gasteiger partial charge in [0.05, 0.1) is 21.0 Å². The van der Waals surface area contributed by atoms with Crippen molar-refractivity contribution >= 4 is 54.2 Å². The Morgan fingerprint density at radius 1 is 1.24 bits per heavy atom. The van der Waals surface area contributed by atoms with Crippen LogP contribution in [0.1, 0.15) is 18.4 Å². The number of sulfonamides is 1. The van der Waals surface area contributed by atoms with Gasteiger partial charge < -0.3 is 5.32 Å².